The fourth-order valence-corrected chi connectivity index (χ4v) is 2.67. The van der Waals surface area contributed by atoms with Crippen LogP contribution in [-0.4, -0.2) is 26.9 Å². The summed E-state index contributed by atoms with van der Waals surface area (Å²) < 4.78 is 41.0. The number of ether oxygens (including phenoxy) is 1. The minimum atomic E-state index is -4.12. The number of primary sulfonamides is 1. The molecule has 7 nitrogen and oxygen atoms in total. The van der Waals surface area contributed by atoms with Gasteiger partial charge in [-0.3, -0.25) is 4.79 Å². The lowest BCUT2D eigenvalue weighted by Crippen LogP contribution is -2.22. The van der Waals surface area contributed by atoms with E-state index >= 15 is 0 Å². The normalized spacial score (nSPS) is 11.1. The number of nitrogens with one attached hydrogen (secondary N) is 1. The van der Waals surface area contributed by atoms with Gasteiger partial charge < -0.3 is 10.1 Å². The molecule has 2 aromatic carbocycles. The molecule has 10 heteroatoms. The van der Waals surface area contributed by atoms with Crippen molar-refractivity contribution in [2.24, 2.45) is 5.14 Å². The second-order valence-corrected chi connectivity index (χ2v) is 7.27. The lowest BCUT2D eigenvalue weighted by Gasteiger charge is -2.10. The van der Waals surface area contributed by atoms with Crippen LogP contribution < -0.4 is 10.5 Å². The highest BCUT2D eigenvalue weighted by Crippen LogP contribution is 2.20. The van der Waals surface area contributed by atoms with E-state index in [1.165, 1.54) is 6.07 Å². The highest BCUT2D eigenvalue weighted by Gasteiger charge is 2.19. The van der Waals surface area contributed by atoms with Crippen LogP contribution in [0.3, 0.4) is 0 Å². The average molecular weight is 401 g/mol. The van der Waals surface area contributed by atoms with Crippen LogP contribution in [0.4, 0.5) is 10.1 Å². The van der Waals surface area contributed by atoms with E-state index in [0.29, 0.717) is 10.7 Å². The van der Waals surface area contributed by atoms with Gasteiger partial charge in [-0.25, -0.2) is 22.7 Å². The van der Waals surface area contributed by atoms with Crippen LogP contribution in [0.5, 0.6) is 0 Å². The van der Waals surface area contributed by atoms with Crippen LogP contribution in [0.1, 0.15) is 15.9 Å². The van der Waals surface area contributed by atoms with Crippen molar-refractivity contribution >= 4 is 39.2 Å². The van der Waals surface area contributed by atoms with E-state index in [1.807, 2.05) is 0 Å². The third-order valence-corrected chi connectivity index (χ3v) is 4.44. The third-order valence-electron chi connectivity index (χ3n) is 3.29. The molecule has 26 heavy (non-hydrogen) atoms. The molecule has 0 bridgehead atoms. The third kappa shape index (κ3) is 5.01. The highest BCUT2D eigenvalue weighted by atomic mass is 35.5. The van der Waals surface area contributed by atoms with E-state index < -0.39 is 44.8 Å². The van der Waals surface area contributed by atoms with Crippen molar-refractivity contribution in [3.8, 4) is 0 Å². The van der Waals surface area contributed by atoms with Crippen molar-refractivity contribution in [2.45, 2.75) is 11.8 Å². The molecule has 0 aliphatic heterocycles. The van der Waals surface area contributed by atoms with Crippen LogP contribution in [0.15, 0.2) is 41.3 Å². The summed E-state index contributed by atoms with van der Waals surface area (Å²) >= 11 is 5.84. The van der Waals surface area contributed by atoms with Gasteiger partial charge in [0.2, 0.25) is 10.0 Å². The first-order valence-electron chi connectivity index (χ1n) is 7.13. The van der Waals surface area contributed by atoms with Crippen LogP contribution in [0, 0.1) is 12.7 Å². The number of benzene rings is 2. The molecule has 0 heterocycles. The summed E-state index contributed by atoms with van der Waals surface area (Å²) in [5, 5.41) is 7.84. The van der Waals surface area contributed by atoms with Gasteiger partial charge in [-0.1, -0.05) is 17.7 Å². The number of amides is 1. The van der Waals surface area contributed by atoms with Crippen LogP contribution in [-0.2, 0) is 19.6 Å². The molecule has 0 radical (unpaired) electrons. The van der Waals surface area contributed by atoms with Gasteiger partial charge in [0.1, 0.15) is 5.82 Å². The van der Waals surface area contributed by atoms with Gasteiger partial charge in [-0.2, -0.15) is 0 Å². The number of sulfonamides is 1. The molecule has 0 atom stereocenters. The lowest BCUT2D eigenvalue weighted by molar-refractivity contribution is -0.119. The van der Waals surface area contributed by atoms with Crippen molar-refractivity contribution in [3.05, 3.63) is 58.4 Å². The number of hydrogen-bond donors (Lipinski definition) is 2. The Morgan fingerprint density at radius 2 is 1.92 bits per heavy atom. The Bertz CT molecular complexity index is 979. The van der Waals surface area contributed by atoms with Gasteiger partial charge in [-0.15, -0.1) is 0 Å². The summed E-state index contributed by atoms with van der Waals surface area (Å²) in [5.41, 5.74) is 0.519. The van der Waals surface area contributed by atoms with E-state index in [4.69, 9.17) is 21.5 Å². The van der Waals surface area contributed by atoms with Crippen molar-refractivity contribution in [1.29, 1.82) is 0 Å². The Balaban J connectivity index is 2.06. The largest absolute Gasteiger partial charge is 0.452 e. The summed E-state index contributed by atoms with van der Waals surface area (Å²) in [7, 11) is -4.12. The Labute approximate surface area is 154 Å². The molecule has 0 spiro atoms. The number of halogens is 2. The van der Waals surface area contributed by atoms with Crippen molar-refractivity contribution in [1.82, 2.24) is 0 Å². The van der Waals surface area contributed by atoms with E-state index in [1.54, 1.807) is 19.1 Å². The number of rotatable bonds is 5. The smallest absolute Gasteiger partial charge is 0.341 e. The molecule has 1 amide bonds. The second kappa shape index (κ2) is 7.81. The van der Waals surface area contributed by atoms with Crippen molar-refractivity contribution in [2.75, 3.05) is 11.9 Å². The predicted octanol–water partition coefficient (Wildman–Crippen LogP) is 2.23. The topological polar surface area (TPSA) is 116 Å². The molecule has 0 saturated carbocycles. The Morgan fingerprint density at radius 3 is 2.58 bits per heavy atom. The molecular weight excluding hydrogens is 387 g/mol. The molecule has 0 fully saturated rings. The Hall–Kier alpha value is -2.49. The van der Waals surface area contributed by atoms with Crippen LogP contribution in [0.25, 0.3) is 0 Å². The molecule has 138 valence electrons. The summed E-state index contributed by atoms with van der Waals surface area (Å²) in [6, 6.07) is 7.28. The van der Waals surface area contributed by atoms with Crippen molar-refractivity contribution in [3.63, 3.8) is 0 Å². The zero-order valence-corrected chi connectivity index (χ0v) is 15.0. The van der Waals surface area contributed by atoms with E-state index in [0.717, 1.165) is 23.8 Å². The molecule has 2 aromatic rings. The Morgan fingerprint density at radius 1 is 1.23 bits per heavy atom. The van der Waals surface area contributed by atoms with Gasteiger partial charge in [0, 0.05) is 10.7 Å². The monoisotopic (exact) mass is 400 g/mol. The van der Waals surface area contributed by atoms with E-state index in [-0.39, 0.29) is 0 Å². The van der Waals surface area contributed by atoms with Gasteiger partial charge in [0.25, 0.3) is 5.91 Å². The number of carbonyl (C=O) groups is 2. The number of nitrogens with two attached hydrogens (primary N) is 1. The summed E-state index contributed by atoms with van der Waals surface area (Å²) in [6.45, 7) is 1.04. The summed E-state index contributed by atoms with van der Waals surface area (Å²) in [4.78, 5) is 23.4. The van der Waals surface area contributed by atoms with Gasteiger partial charge in [0.05, 0.1) is 10.5 Å². The van der Waals surface area contributed by atoms with E-state index in [2.05, 4.69) is 5.32 Å². The fraction of sp³-hybridized carbons (Fsp3) is 0.125. The molecule has 3 N–H and O–H groups in total. The number of hydrogen-bond acceptors (Lipinski definition) is 5. The van der Waals surface area contributed by atoms with Gasteiger partial charge in [-0.05, 0) is 42.8 Å². The zero-order chi connectivity index (χ0) is 19.5. The minimum Gasteiger partial charge on any atom is -0.452 e. The van der Waals surface area contributed by atoms with E-state index in [9.17, 15) is 22.4 Å². The summed E-state index contributed by atoms with van der Waals surface area (Å²) in [6.07, 6.45) is 0. The molecule has 0 aliphatic rings. The fourth-order valence-electron chi connectivity index (χ4n) is 1.96. The lowest BCUT2D eigenvalue weighted by atomic mass is 10.2. The quantitative estimate of drug-likeness (QED) is 0.746. The average Bonchev–Trinajstić information content (AvgIpc) is 2.55. The Kier molecular flexibility index (Phi) is 5.96. The maximum Gasteiger partial charge on any atom is 0.341 e. The first-order chi connectivity index (χ1) is 12.1. The first kappa shape index (κ1) is 19.8. The molecule has 0 aliphatic carbocycles. The number of carbonyl (C=O) groups excluding carboxylic acids is 2. The maximum atomic E-state index is 13.7. The molecule has 0 unspecified atom stereocenters. The number of esters is 1. The van der Waals surface area contributed by atoms with Crippen LogP contribution >= 0.6 is 11.6 Å². The predicted molar refractivity (Wildman–Crippen MR) is 92.9 cm³/mol. The van der Waals surface area contributed by atoms with Gasteiger partial charge in [0.15, 0.2) is 6.61 Å². The maximum absolute atomic E-state index is 13.7. The SMILES string of the molecule is Cc1ccc(Cl)cc1NC(=O)COC(=O)c1cc(S(N)(=O)=O)ccc1F. The molecular formula is C16H14ClFN2O5S. The number of aryl methyl sites for hydroxylation is 1. The zero-order valence-electron chi connectivity index (χ0n) is 13.5. The summed E-state index contributed by atoms with van der Waals surface area (Å²) in [5.74, 6) is -2.88. The standard InChI is InChI=1S/C16H14ClFN2O5S/c1-9-2-3-10(17)6-14(9)20-15(21)8-25-16(22)12-7-11(26(19,23)24)4-5-13(12)18/h2-7H,8H2,1H3,(H,20,21)(H2,19,23,24). The molecule has 0 aromatic heterocycles. The van der Waals surface area contributed by atoms with Crippen LogP contribution in [0.2, 0.25) is 5.02 Å². The molecule has 0 saturated heterocycles. The van der Waals surface area contributed by atoms with Crippen molar-refractivity contribution < 1.29 is 27.1 Å². The first-order valence-corrected chi connectivity index (χ1v) is 9.06. The molecule has 2 rings (SSSR count). The second-order valence-electron chi connectivity index (χ2n) is 5.27. The minimum absolute atomic E-state index is 0.407. The van der Waals surface area contributed by atoms with Gasteiger partial charge >= 0.3 is 5.97 Å². The number of anilines is 1. The highest BCUT2D eigenvalue weighted by molar-refractivity contribution is 7.89.